The lowest BCUT2D eigenvalue weighted by molar-refractivity contribution is 0.0919. The van der Waals surface area contributed by atoms with Crippen molar-refractivity contribution in [1.82, 2.24) is 5.32 Å². The van der Waals surface area contributed by atoms with Crippen LogP contribution in [0, 0.1) is 0 Å². The monoisotopic (exact) mass is 270 g/mol. The second-order valence-electron chi connectivity index (χ2n) is 4.41. The predicted octanol–water partition coefficient (Wildman–Crippen LogP) is 2.56. The molecule has 0 aliphatic carbocycles. The number of nitrogens with two attached hydrogens (primary N) is 1. The highest BCUT2D eigenvalue weighted by molar-refractivity contribution is 9.10. The highest BCUT2D eigenvalue weighted by Crippen LogP contribution is 2.22. The Kier molecular flexibility index (Phi) is 3.39. The van der Waals surface area contributed by atoms with Crippen molar-refractivity contribution < 1.29 is 4.79 Å². The van der Waals surface area contributed by atoms with Crippen molar-refractivity contribution in [3.05, 3.63) is 28.2 Å². The van der Waals surface area contributed by atoms with Crippen molar-refractivity contribution >= 4 is 27.5 Å². The maximum Gasteiger partial charge on any atom is 0.254 e. The number of amides is 1. The first-order valence-electron chi connectivity index (χ1n) is 4.68. The molecule has 0 aliphatic rings. The number of benzene rings is 1. The molecule has 0 bridgehead atoms. The van der Waals surface area contributed by atoms with Gasteiger partial charge in [0.05, 0.1) is 5.56 Å². The largest absolute Gasteiger partial charge is 0.398 e. The van der Waals surface area contributed by atoms with Gasteiger partial charge in [-0.15, -0.1) is 0 Å². The highest BCUT2D eigenvalue weighted by Gasteiger charge is 2.19. The van der Waals surface area contributed by atoms with E-state index in [1.54, 1.807) is 18.2 Å². The van der Waals surface area contributed by atoms with E-state index in [1.807, 2.05) is 20.8 Å². The molecular weight excluding hydrogens is 256 g/mol. The summed E-state index contributed by atoms with van der Waals surface area (Å²) in [5.41, 5.74) is 6.46. The Morgan fingerprint density at radius 3 is 2.47 bits per heavy atom. The molecule has 1 aromatic rings. The molecule has 0 saturated carbocycles. The summed E-state index contributed by atoms with van der Waals surface area (Å²) in [7, 11) is 0. The fourth-order valence-corrected chi connectivity index (χ4v) is 1.75. The van der Waals surface area contributed by atoms with Crippen molar-refractivity contribution in [2.45, 2.75) is 26.3 Å². The van der Waals surface area contributed by atoms with Crippen LogP contribution in [0.2, 0.25) is 0 Å². The van der Waals surface area contributed by atoms with Crippen molar-refractivity contribution in [2.24, 2.45) is 0 Å². The molecule has 0 aromatic heterocycles. The minimum absolute atomic E-state index is 0.160. The van der Waals surface area contributed by atoms with Crippen LogP contribution in [0.4, 0.5) is 5.69 Å². The van der Waals surface area contributed by atoms with Crippen LogP contribution in [0.15, 0.2) is 22.7 Å². The van der Waals surface area contributed by atoms with E-state index >= 15 is 0 Å². The predicted molar refractivity (Wildman–Crippen MR) is 65.8 cm³/mol. The van der Waals surface area contributed by atoms with Crippen LogP contribution < -0.4 is 11.1 Å². The lowest BCUT2D eigenvalue weighted by atomic mass is 10.1. The van der Waals surface area contributed by atoms with Crippen LogP contribution >= 0.6 is 15.9 Å². The third-order valence-electron chi connectivity index (χ3n) is 1.76. The second kappa shape index (κ2) is 4.23. The van der Waals surface area contributed by atoms with Crippen LogP contribution in [-0.2, 0) is 0 Å². The van der Waals surface area contributed by atoms with Gasteiger partial charge in [0.25, 0.3) is 5.91 Å². The van der Waals surface area contributed by atoms with Crippen LogP contribution in [0.3, 0.4) is 0 Å². The van der Waals surface area contributed by atoms with E-state index in [-0.39, 0.29) is 11.4 Å². The van der Waals surface area contributed by atoms with Gasteiger partial charge in [-0.05, 0) is 48.8 Å². The van der Waals surface area contributed by atoms with Crippen LogP contribution in [0.5, 0.6) is 0 Å². The Morgan fingerprint density at radius 2 is 2.00 bits per heavy atom. The summed E-state index contributed by atoms with van der Waals surface area (Å²) in [6.45, 7) is 5.79. The maximum absolute atomic E-state index is 11.9. The molecule has 3 N–H and O–H groups in total. The van der Waals surface area contributed by atoms with Crippen LogP contribution in [-0.4, -0.2) is 11.4 Å². The standard InChI is InChI=1S/C11H15BrN2O/c1-11(2,3)14-10(15)9-7(12)5-4-6-8(9)13/h4-6H,13H2,1-3H3,(H,14,15). The number of carbonyl (C=O) groups excluding carboxylic acids is 1. The quantitative estimate of drug-likeness (QED) is 0.771. The molecule has 3 nitrogen and oxygen atoms in total. The lowest BCUT2D eigenvalue weighted by Crippen LogP contribution is -2.41. The Labute approximate surface area is 98.2 Å². The average Bonchev–Trinajstić information content (AvgIpc) is 1.99. The van der Waals surface area contributed by atoms with Crippen molar-refractivity contribution in [3.8, 4) is 0 Å². The molecule has 4 heteroatoms. The van der Waals surface area contributed by atoms with Crippen LogP contribution in [0.25, 0.3) is 0 Å². The number of hydrogen-bond donors (Lipinski definition) is 2. The van der Waals surface area contributed by atoms with Crippen molar-refractivity contribution in [3.63, 3.8) is 0 Å². The van der Waals surface area contributed by atoms with Gasteiger partial charge >= 0.3 is 0 Å². The minimum atomic E-state index is -0.265. The third kappa shape index (κ3) is 3.23. The number of rotatable bonds is 1. The Morgan fingerprint density at radius 1 is 1.40 bits per heavy atom. The number of hydrogen-bond acceptors (Lipinski definition) is 2. The first kappa shape index (κ1) is 12.0. The van der Waals surface area contributed by atoms with E-state index in [0.29, 0.717) is 15.7 Å². The highest BCUT2D eigenvalue weighted by atomic mass is 79.9. The van der Waals surface area contributed by atoms with Crippen molar-refractivity contribution in [2.75, 3.05) is 5.73 Å². The van der Waals surface area contributed by atoms with Gasteiger partial charge in [-0.2, -0.15) is 0 Å². The van der Waals surface area contributed by atoms with E-state index in [0.717, 1.165) is 0 Å². The van der Waals surface area contributed by atoms with Gasteiger partial charge < -0.3 is 11.1 Å². The smallest absolute Gasteiger partial charge is 0.254 e. The van der Waals surface area contributed by atoms with Gasteiger partial charge in [0.2, 0.25) is 0 Å². The summed E-state index contributed by atoms with van der Waals surface area (Å²) in [6, 6.07) is 5.31. The van der Waals surface area contributed by atoms with Gasteiger partial charge in [-0.1, -0.05) is 6.07 Å². The lowest BCUT2D eigenvalue weighted by Gasteiger charge is -2.21. The fourth-order valence-electron chi connectivity index (χ4n) is 1.18. The SMILES string of the molecule is CC(C)(C)NC(=O)c1c(N)cccc1Br. The molecular formula is C11H15BrN2O. The fraction of sp³-hybridized carbons (Fsp3) is 0.364. The summed E-state index contributed by atoms with van der Waals surface area (Å²) < 4.78 is 0.712. The first-order chi connectivity index (χ1) is 6.81. The summed E-state index contributed by atoms with van der Waals surface area (Å²) in [4.78, 5) is 11.9. The van der Waals surface area contributed by atoms with Gasteiger partial charge in [0.15, 0.2) is 0 Å². The molecule has 82 valence electrons. The molecule has 1 rings (SSSR count). The number of carbonyl (C=O) groups is 1. The normalized spacial score (nSPS) is 11.2. The van der Waals surface area contributed by atoms with Gasteiger partial charge in [0, 0.05) is 15.7 Å². The average molecular weight is 271 g/mol. The molecule has 0 saturated heterocycles. The van der Waals surface area contributed by atoms with E-state index in [4.69, 9.17) is 5.73 Å². The van der Waals surface area contributed by atoms with E-state index in [9.17, 15) is 4.79 Å². The van der Waals surface area contributed by atoms with Crippen molar-refractivity contribution in [1.29, 1.82) is 0 Å². The zero-order valence-electron chi connectivity index (χ0n) is 9.10. The number of nitrogen functional groups attached to an aromatic ring is 1. The summed E-state index contributed by atoms with van der Waals surface area (Å²) in [6.07, 6.45) is 0. The Hall–Kier alpha value is -1.03. The van der Waals surface area contributed by atoms with E-state index in [1.165, 1.54) is 0 Å². The molecule has 0 fully saturated rings. The Bertz CT molecular complexity index is 362. The number of anilines is 1. The summed E-state index contributed by atoms with van der Waals surface area (Å²) in [5, 5.41) is 2.87. The third-order valence-corrected chi connectivity index (χ3v) is 2.42. The van der Waals surface area contributed by atoms with Gasteiger partial charge in [0.1, 0.15) is 0 Å². The van der Waals surface area contributed by atoms with Gasteiger partial charge in [-0.25, -0.2) is 0 Å². The van der Waals surface area contributed by atoms with E-state index < -0.39 is 0 Å². The second-order valence-corrected chi connectivity index (χ2v) is 5.26. The molecule has 0 aliphatic heterocycles. The molecule has 1 amide bonds. The summed E-state index contributed by atoms with van der Waals surface area (Å²) in [5.74, 6) is -0.160. The van der Waals surface area contributed by atoms with E-state index in [2.05, 4.69) is 21.2 Å². The zero-order valence-corrected chi connectivity index (χ0v) is 10.7. The minimum Gasteiger partial charge on any atom is -0.398 e. The molecule has 0 heterocycles. The zero-order chi connectivity index (χ0) is 11.6. The first-order valence-corrected chi connectivity index (χ1v) is 5.47. The molecule has 1 aromatic carbocycles. The molecule has 0 spiro atoms. The Balaban J connectivity index is 3.02. The number of halogens is 1. The maximum atomic E-state index is 11.9. The molecule has 0 atom stereocenters. The van der Waals surface area contributed by atoms with Gasteiger partial charge in [-0.3, -0.25) is 4.79 Å². The molecule has 0 radical (unpaired) electrons. The topological polar surface area (TPSA) is 55.1 Å². The molecule has 0 unspecified atom stereocenters. The summed E-state index contributed by atoms with van der Waals surface area (Å²) >= 11 is 3.31. The number of nitrogens with one attached hydrogen (secondary N) is 1. The molecule has 15 heavy (non-hydrogen) atoms. The van der Waals surface area contributed by atoms with Crippen LogP contribution in [0.1, 0.15) is 31.1 Å².